The van der Waals surface area contributed by atoms with Crippen LogP contribution in [0.3, 0.4) is 0 Å². The number of pyridine rings is 1. The normalized spacial score (nSPS) is 11.9. The van der Waals surface area contributed by atoms with Crippen LogP contribution in [0, 0.1) is 0 Å². The van der Waals surface area contributed by atoms with Crippen LogP contribution >= 0.6 is 0 Å². The first kappa shape index (κ1) is 23.2. The van der Waals surface area contributed by atoms with Crippen LogP contribution in [-0.2, 0) is 6.54 Å². The highest BCUT2D eigenvalue weighted by molar-refractivity contribution is 5.99. The van der Waals surface area contributed by atoms with Crippen LogP contribution in [0.25, 0.3) is 11.3 Å². The van der Waals surface area contributed by atoms with Gasteiger partial charge in [-0.1, -0.05) is 42.5 Å². The van der Waals surface area contributed by atoms with Crippen LogP contribution in [0.1, 0.15) is 27.5 Å². The Morgan fingerprint density at radius 3 is 2.47 bits per heavy atom. The predicted octanol–water partition coefficient (Wildman–Crippen LogP) is 4.03. The zero-order valence-corrected chi connectivity index (χ0v) is 19.7. The van der Waals surface area contributed by atoms with E-state index in [1.807, 2.05) is 87.0 Å². The van der Waals surface area contributed by atoms with Gasteiger partial charge in [0.1, 0.15) is 11.4 Å². The van der Waals surface area contributed by atoms with E-state index in [1.165, 1.54) is 0 Å². The summed E-state index contributed by atoms with van der Waals surface area (Å²) >= 11 is 0. The van der Waals surface area contributed by atoms with Crippen molar-refractivity contribution < 1.29 is 9.53 Å². The second-order valence-corrected chi connectivity index (χ2v) is 8.28. The fraction of sp³-hybridized carbons (Fsp3) is 0.222. The number of methoxy groups -OCH3 is 1. The van der Waals surface area contributed by atoms with Gasteiger partial charge < -0.3 is 15.0 Å². The van der Waals surface area contributed by atoms with E-state index in [1.54, 1.807) is 24.2 Å². The molecule has 4 aromatic rings. The summed E-state index contributed by atoms with van der Waals surface area (Å²) < 4.78 is 7.07. The number of hydrogen-bond donors (Lipinski definition) is 1. The van der Waals surface area contributed by atoms with Gasteiger partial charge in [-0.25, -0.2) is 0 Å². The summed E-state index contributed by atoms with van der Waals surface area (Å²) in [6.07, 6.45) is 5.25. The van der Waals surface area contributed by atoms with Gasteiger partial charge in [-0.15, -0.1) is 0 Å². The quantitative estimate of drug-likeness (QED) is 0.413. The molecular weight excluding hydrogens is 426 g/mol. The smallest absolute Gasteiger partial charge is 0.255 e. The van der Waals surface area contributed by atoms with Crippen molar-refractivity contribution in [3.8, 4) is 17.0 Å². The van der Waals surface area contributed by atoms with E-state index in [-0.39, 0.29) is 11.9 Å². The van der Waals surface area contributed by atoms with Gasteiger partial charge in [-0.05, 0) is 49.5 Å². The van der Waals surface area contributed by atoms with Gasteiger partial charge in [-0.3, -0.25) is 14.5 Å². The van der Waals surface area contributed by atoms with Crippen LogP contribution in [-0.4, -0.2) is 53.3 Å². The first-order valence-electron chi connectivity index (χ1n) is 11.2. The lowest BCUT2D eigenvalue weighted by Crippen LogP contribution is -2.34. The molecule has 0 radical (unpaired) electrons. The summed E-state index contributed by atoms with van der Waals surface area (Å²) in [6.45, 7) is 1.03. The van der Waals surface area contributed by atoms with E-state index < -0.39 is 0 Å². The molecule has 0 saturated heterocycles. The summed E-state index contributed by atoms with van der Waals surface area (Å²) in [6, 6.07) is 21.7. The SMILES string of the molecule is COc1ccc(C(CNC(=O)c2cn(Cc3ccccc3)nc2-c2cccnc2)N(C)C)cc1. The molecule has 1 N–H and O–H groups in total. The zero-order valence-electron chi connectivity index (χ0n) is 19.7. The van der Waals surface area contributed by atoms with E-state index in [4.69, 9.17) is 9.84 Å². The van der Waals surface area contributed by atoms with Crippen molar-refractivity contribution >= 4 is 5.91 Å². The summed E-state index contributed by atoms with van der Waals surface area (Å²) in [5.74, 6) is 0.635. The van der Waals surface area contributed by atoms with Gasteiger partial charge in [0, 0.05) is 30.7 Å². The number of nitrogens with zero attached hydrogens (tertiary/aromatic N) is 4. The van der Waals surface area contributed by atoms with Gasteiger partial charge in [0.15, 0.2) is 0 Å². The van der Waals surface area contributed by atoms with Crippen molar-refractivity contribution in [3.05, 3.63) is 102 Å². The van der Waals surface area contributed by atoms with Crippen LogP contribution in [0.4, 0.5) is 0 Å². The van der Waals surface area contributed by atoms with Crippen LogP contribution < -0.4 is 10.1 Å². The highest BCUT2D eigenvalue weighted by Gasteiger charge is 2.21. The average Bonchev–Trinajstić information content (AvgIpc) is 3.29. The Morgan fingerprint density at radius 1 is 1.06 bits per heavy atom. The first-order valence-corrected chi connectivity index (χ1v) is 11.2. The molecule has 4 rings (SSSR count). The largest absolute Gasteiger partial charge is 0.497 e. The molecule has 1 atom stereocenters. The van der Waals surface area contributed by atoms with Crippen molar-refractivity contribution in [2.24, 2.45) is 0 Å². The molecule has 0 fully saturated rings. The maximum absolute atomic E-state index is 13.3. The number of likely N-dealkylation sites (N-methyl/N-ethyl adjacent to an activating group) is 1. The second-order valence-electron chi connectivity index (χ2n) is 8.28. The molecule has 1 unspecified atom stereocenters. The van der Waals surface area contributed by atoms with Crippen LogP contribution in [0.15, 0.2) is 85.3 Å². The molecule has 174 valence electrons. The predicted molar refractivity (Wildman–Crippen MR) is 133 cm³/mol. The summed E-state index contributed by atoms with van der Waals surface area (Å²) in [4.78, 5) is 19.6. The highest BCUT2D eigenvalue weighted by atomic mass is 16.5. The Morgan fingerprint density at radius 2 is 1.82 bits per heavy atom. The lowest BCUT2D eigenvalue weighted by molar-refractivity contribution is 0.0942. The first-order chi connectivity index (χ1) is 16.5. The molecule has 2 aromatic heterocycles. The van der Waals surface area contributed by atoms with E-state index in [0.29, 0.717) is 24.3 Å². The Bertz CT molecular complexity index is 1210. The number of hydrogen-bond acceptors (Lipinski definition) is 5. The van der Waals surface area contributed by atoms with Crippen LogP contribution in [0.2, 0.25) is 0 Å². The molecule has 7 heteroatoms. The molecule has 0 aliphatic rings. The van der Waals surface area contributed by atoms with Gasteiger partial charge >= 0.3 is 0 Å². The average molecular weight is 456 g/mol. The van der Waals surface area contributed by atoms with E-state index in [0.717, 1.165) is 22.4 Å². The minimum atomic E-state index is -0.168. The van der Waals surface area contributed by atoms with Gasteiger partial charge in [0.25, 0.3) is 5.91 Å². The van der Waals surface area contributed by atoms with Crippen molar-refractivity contribution in [1.82, 2.24) is 25.0 Å². The number of rotatable bonds is 9. The molecule has 2 heterocycles. The van der Waals surface area contributed by atoms with Gasteiger partial charge in [-0.2, -0.15) is 5.10 Å². The summed E-state index contributed by atoms with van der Waals surface area (Å²) in [7, 11) is 5.65. The zero-order chi connectivity index (χ0) is 23.9. The van der Waals surface area contributed by atoms with Gasteiger partial charge in [0.2, 0.25) is 0 Å². The third kappa shape index (κ3) is 5.50. The number of carbonyl (C=O) groups is 1. The number of aromatic nitrogens is 3. The fourth-order valence-corrected chi connectivity index (χ4v) is 3.86. The van der Waals surface area contributed by atoms with E-state index in [9.17, 15) is 4.79 Å². The number of ether oxygens (including phenoxy) is 1. The van der Waals surface area contributed by atoms with Gasteiger partial charge in [0.05, 0.1) is 25.3 Å². The molecule has 0 bridgehead atoms. The monoisotopic (exact) mass is 455 g/mol. The standard InChI is InChI=1S/C27H29N5O2/c1-31(2)25(21-11-13-23(34-3)14-12-21)17-29-27(33)24-19-32(18-20-8-5-4-6-9-20)30-26(24)22-10-7-15-28-16-22/h4-16,19,25H,17-18H2,1-3H3,(H,29,33). The molecule has 0 spiro atoms. The second kappa shape index (κ2) is 10.8. The number of amides is 1. The van der Waals surface area contributed by atoms with Crippen molar-refractivity contribution in [1.29, 1.82) is 0 Å². The Balaban J connectivity index is 1.57. The fourth-order valence-electron chi connectivity index (χ4n) is 3.86. The van der Waals surface area contributed by atoms with E-state index in [2.05, 4.69) is 15.2 Å². The molecule has 0 aliphatic heterocycles. The molecular formula is C27H29N5O2. The van der Waals surface area contributed by atoms with Crippen molar-refractivity contribution in [2.45, 2.75) is 12.6 Å². The molecule has 0 aliphatic carbocycles. The maximum Gasteiger partial charge on any atom is 0.255 e. The Kier molecular flexibility index (Phi) is 7.34. The number of nitrogens with one attached hydrogen (secondary N) is 1. The third-order valence-electron chi connectivity index (χ3n) is 5.71. The van der Waals surface area contributed by atoms with Crippen LogP contribution in [0.5, 0.6) is 5.75 Å². The lowest BCUT2D eigenvalue weighted by Gasteiger charge is -2.25. The number of benzene rings is 2. The highest BCUT2D eigenvalue weighted by Crippen LogP contribution is 2.23. The minimum Gasteiger partial charge on any atom is -0.497 e. The topological polar surface area (TPSA) is 72.3 Å². The molecule has 2 aromatic carbocycles. The Labute approximate surface area is 200 Å². The molecule has 34 heavy (non-hydrogen) atoms. The van der Waals surface area contributed by atoms with Crippen molar-refractivity contribution in [2.75, 3.05) is 27.7 Å². The third-order valence-corrected chi connectivity index (χ3v) is 5.71. The van der Waals surface area contributed by atoms with E-state index >= 15 is 0 Å². The molecule has 0 saturated carbocycles. The molecule has 1 amide bonds. The summed E-state index contributed by atoms with van der Waals surface area (Å²) in [5.41, 5.74) is 4.16. The minimum absolute atomic E-state index is 0.0102. The lowest BCUT2D eigenvalue weighted by atomic mass is 10.1. The summed E-state index contributed by atoms with van der Waals surface area (Å²) in [5, 5.41) is 7.84. The maximum atomic E-state index is 13.3. The van der Waals surface area contributed by atoms with Crippen molar-refractivity contribution in [3.63, 3.8) is 0 Å². The Hall–Kier alpha value is -3.97. The molecule has 7 nitrogen and oxygen atoms in total. The number of carbonyl (C=O) groups excluding carboxylic acids is 1.